The van der Waals surface area contributed by atoms with Crippen molar-refractivity contribution in [1.29, 1.82) is 0 Å². The number of carbonyl (C=O) groups excluding carboxylic acids is 1. The molecule has 3 heterocycles. The second kappa shape index (κ2) is 13.6. The Morgan fingerprint density at radius 1 is 1.20 bits per heavy atom. The number of anilines is 1. The Morgan fingerprint density at radius 3 is 2.67 bits per heavy atom. The first kappa shape index (κ1) is 36.6. The molecule has 6 aliphatic rings. The van der Waals surface area contributed by atoms with Crippen LogP contribution in [0.25, 0.3) is 0 Å². The number of nitrogens with one attached hydrogen (secondary N) is 1. The second-order valence-corrected chi connectivity index (χ2v) is 19.9. The third kappa shape index (κ3) is 6.82. The van der Waals surface area contributed by atoms with Gasteiger partial charge in [-0.25, -0.2) is 30.3 Å². The largest absolute Gasteiger partial charge is 0.490 e. The van der Waals surface area contributed by atoms with Crippen LogP contribution in [0.3, 0.4) is 0 Å². The van der Waals surface area contributed by atoms with Crippen LogP contribution in [0.1, 0.15) is 67.4 Å². The third-order valence-electron chi connectivity index (χ3n) is 12.4. The number of benzene rings is 2. The molecule has 14 heteroatoms. The average molecular weight is 764 g/mol. The van der Waals surface area contributed by atoms with Gasteiger partial charge in [-0.3, -0.25) is 4.79 Å². The number of allylic oxidation sites excluding steroid dienone is 1. The second-order valence-electron chi connectivity index (χ2n) is 15.4. The summed E-state index contributed by atoms with van der Waals surface area (Å²) in [5.74, 6) is -0.417. The zero-order valence-corrected chi connectivity index (χ0v) is 31.9. The van der Waals surface area contributed by atoms with Gasteiger partial charge in [-0.05, 0) is 110 Å². The molecule has 3 aliphatic heterocycles. The molecule has 0 saturated heterocycles. The Morgan fingerprint density at radius 2 is 1.96 bits per heavy atom. The smallest absolute Gasteiger partial charge is 0.264 e. The number of halogens is 2. The Bertz CT molecular complexity index is 1980. The van der Waals surface area contributed by atoms with Crippen LogP contribution in [0.2, 0.25) is 5.02 Å². The van der Waals surface area contributed by atoms with Crippen molar-refractivity contribution in [2.24, 2.45) is 23.7 Å². The molecule has 1 saturated carbocycles. The number of rotatable bonds is 5. The van der Waals surface area contributed by atoms with Gasteiger partial charge in [-0.1, -0.05) is 30.7 Å². The van der Waals surface area contributed by atoms with E-state index in [0.717, 1.165) is 36.8 Å². The molecule has 4 bridgehead atoms. The normalized spacial score (nSPS) is 31.6. The number of sulfonamides is 2. The highest BCUT2D eigenvalue weighted by Crippen LogP contribution is 2.50. The van der Waals surface area contributed by atoms with Crippen molar-refractivity contribution < 1.29 is 35.5 Å². The zero-order valence-electron chi connectivity index (χ0n) is 29.5. The fourth-order valence-corrected chi connectivity index (χ4v) is 10.7. The first-order valence-electron chi connectivity index (χ1n) is 17.9. The summed E-state index contributed by atoms with van der Waals surface area (Å²) >= 11 is 6.24. The molecule has 51 heavy (non-hydrogen) atoms. The minimum Gasteiger partial charge on any atom is -0.490 e. The maximum atomic E-state index is 15.5. The molecule has 0 aromatic heterocycles. The summed E-state index contributed by atoms with van der Waals surface area (Å²) in [6.07, 6.45) is 7.73. The van der Waals surface area contributed by atoms with Crippen molar-refractivity contribution >= 4 is 43.2 Å². The van der Waals surface area contributed by atoms with E-state index in [2.05, 4.69) is 15.7 Å². The van der Waals surface area contributed by atoms with Gasteiger partial charge < -0.3 is 14.4 Å². The predicted octanol–water partition coefficient (Wildman–Crippen LogP) is 5.30. The number of hydrogen-bond acceptors (Lipinski definition) is 8. The summed E-state index contributed by atoms with van der Waals surface area (Å²) in [6.45, 7) is 5.41. The molecular formula is C37H47ClFN3O7S2. The third-order valence-corrected chi connectivity index (χ3v) is 15.9. The standard InChI is InChI=1S/C37H47ClFN3O7S2/c1-22-23(2)51(46,47)40-36(43)24-8-12-33-32(18-24)42(20-37(21-49-33)13-5-6-29-30(37)10-11-31(38)34(29)39)19-25-7-9-28(25)35(27-16-26(22)17-27)48-15-14-41(3)50(4,44)45/h8,10-12,16,18,22-23,25-26,28,35H,5-7,9,13-15,17,19-21H2,1-4H3,(H,40,43)/t22-,23-,25+,26+,28-,35+,37+/m1/s1. The molecule has 10 nitrogen and oxygen atoms in total. The average Bonchev–Trinajstić information content (AvgIpc) is 3.19. The Hall–Kier alpha value is -2.71. The van der Waals surface area contributed by atoms with Gasteiger partial charge >= 0.3 is 0 Å². The van der Waals surface area contributed by atoms with E-state index in [9.17, 15) is 21.6 Å². The highest BCUT2D eigenvalue weighted by atomic mass is 35.5. The predicted molar refractivity (Wildman–Crippen MR) is 195 cm³/mol. The number of fused-ring (bicyclic) bond motifs is 6. The minimum absolute atomic E-state index is 0.00771. The summed E-state index contributed by atoms with van der Waals surface area (Å²) in [5.41, 5.74) is 2.96. The Labute approximate surface area is 305 Å². The molecule has 1 spiro atoms. The van der Waals surface area contributed by atoms with Crippen LogP contribution < -0.4 is 14.4 Å². The lowest BCUT2D eigenvalue weighted by molar-refractivity contribution is -0.0279. The van der Waals surface area contributed by atoms with Crippen molar-refractivity contribution in [3.63, 3.8) is 0 Å². The van der Waals surface area contributed by atoms with Crippen molar-refractivity contribution in [2.45, 2.75) is 69.1 Å². The van der Waals surface area contributed by atoms with Crippen molar-refractivity contribution in [2.75, 3.05) is 51.1 Å². The van der Waals surface area contributed by atoms with Gasteiger partial charge in [0.25, 0.3) is 5.91 Å². The van der Waals surface area contributed by atoms with E-state index in [-0.39, 0.29) is 59.3 Å². The summed E-state index contributed by atoms with van der Waals surface area (Å²) < 4.78 is 83.5. The molecule has 1 fully saturated rings. The lowest BCUT2D eigenvalue weighted by Crippen LogP contribution is -2.51. The molecule has 8 rings (SSSR count). The van der Waals surface area contributed by atoms with E-state index in [1.807, 2.05) is 13.0 Å². The first-order valence-corrected chi connectivity index (χ1v) is 21.6. The quantitative estimate of drug-likeness (QED) is 0.408. The summed E-state index contributed by atoms with van der Waals surface area (Å²) in [4.78, 5) is 15.8. The fraction of sp³-hybridized carbons (Fsp3) is 0.595. The van der Waals surface area contributed by atoms with Crippen LogP contribution in [-0.2, 0) is 36.6 Å². The molecule has 0 unspecified atom stereocenters. The summed E-state index contributed by atoms with van der Waals surface area (Å²) in [7, 11) is -5.85. The molecule has 278 valence electrons. The van der Waals surface area contributed by atoms with E-state index in [0.29, 0.717) is 49.5 Å². The van der Waals surface area contributed by atoms with Crippen LogP contribution in [-0.4, -0.2) is 84.6 Å². The summed E-state index contributed by atoms with van der Waals surface area (Å²) in [6, 6.07) is 8.58. The van der Waals surface area contributed by atoms with Crippen LogP contribution in [0.5, 0.6) is 5.75 Å². The number of likely N-dealkylation sites (N-methyl/N-ethyl adjacent to an activating group) is 1. The number of amides is 1. The number of ether oxygens (including phenoxy) is 2. The van der Waals surface area contributed by atoms with Gasteiger partial charge in [0, 0.05) is 37.7 Å². The van der Waals surface area contributed by atoms with Crippen LogP contribution in [0.15, 0.2) is 42.0 Å². The molecule has 1 N–H and O–H groups in total. The number of hydrogen-bond donors (Lipinski definition) is 1. The van der Waals surface area contributed by atoms with Crippen LogP contribution in [0, 0.1) is 29.5 Å². The summed E-state index contributed by atoms with van der Waals surface area (Å²) in [5, 5.41) is -0.737. The lowest BCUT2D eigenvalue weighted by atomic mass is 9.64. The molecule has 0 radical (unpaired) electrons. The highest BCUT2D eigenvalue weighted by molar-refractivity contribution is 7.90. The van der Waals surface area contributed by atoms with E-state index in [4.69, 9.17) is 21.1 Å². The van der Waals surface area contributed by atoms with Gasteiger partial charge in [-0.2, -0.15) is 0 Å². The van der Waals surface area contributed by atoms with Gasteiger partial charge in [0.15, 0.2) is 0 Å². The molecule has 2 aromatic carbocycles. The monoisotopic (exact) mass is 763 g/mol. The van der Waals surface area contributed by atoms with Crippen LogP contribution >= 0.6 is 11.6 Å². The number of nitrogens with zero attached hydrogens (tertiary/aromatic N) is 2. The Kier molecular flexibility index (Phi) is 9.78. The molecular weight excluding hydrogens is 717 g/mol. The molecule has 2 aromatic rings. The van der Waals surface area contributed by atoms with E-state index in [1.54, 1.807) is 31.2 Å². The fourth-order valence-electron chi connectivity index (χ4n) is 8.75. The van der Waals surface area contributed by atoms with Gasteiger partial charge in [-0.15, -0.1) is 0 Å². The molecule has 3 aliphatic carbocycles. The topological polar surface area (TPSA) is 122 Å². The zero-order chi connectivity index (χ0) is 36.5. The Balaban J connectivity index is 1.28. The van der Waals surface area contributed by atoms with Crippen molar-refractivity contribution in [3.8, 4) is 5.75 Å². The maximum Gasteiger partial charge on any atom is 0.264 e. The van der Waals surface area contributed by atoms with Gasteiger partial charge in [0.05, 0.1) is 41.5 Å². The van der Waals surface area contributed by atoms with E-state index in [1.165, 1.54) is 17.6 Å². The molecule has 1 amide bonds. The first-order chi connectivity index (χ1) is 24.1. The minimum atomic E-state index is -4.02. The van der Waals surface area contributed by atoms with E-state index >= 15 is 4.39 Å². The van der Waals surface area contributed by atoms with Gasteiger partial charge in [0.2, 0.25) is 20.0 Å². The van der Waals surface area contributed by atoms with E-state index < -0.39 is 36.6 Å². The lowest BCUT2D eigenvalue weighted by Gasteiger charge is -2.48. The number of carbonyl (C=O) groups is 1. The van der Waals surface area contributed by atoms with Crippen molar-refractivity contribution in [3.05, 3.63) is 69.5 Å². The van der Waals surface area contributed by atoms with Crippen LogP contribution in [0.4, 0.5) is 10.1 Å². The van der Waals surface area contributed by atoms with Crippen molar-refractivity contribution in [1.82, 2.24) is 9.03 Å². The highest BCUT2D eigenvalue weighted by Gasteiger charge is 2.47. The molecule has 7 atom stereocenters. The SMILES string of the molecule is C[C@@H]1[C@@H](C)S(=O)(=O)NC(=O)c2ccc3c(c2)N(C[C@@H]2CC[C@H]2[C@@H](OCCN(C)S(C)(=O)=O)C2=C[C@H]1C2)C[C@@]1(CCCc2c1ccc(Cl)c2F)CO3. The maximum absolute atomic E-state index is 15.5. The van der Waals surface area contributed by atoms with Gasteiger partial charge in [0.1, 0.15) is 11.6 Å².